The standard InChI is InChI=1S/C18H16Cl3N3O2S.C2HF3O2/c19-13-4-5-16-12(17(13)23-10-7-22-8-11-23)6-9-24(16)27(25,26)18-14(20)2-1-3-15(18)21;3-2(4,5)1(6)7/h1-6,9,22H,7-8,10-11H2;(H,6,7). The molecule has 1 fully saturated rings. The van der Waals surface area contributed by atoms with E-state index in [9.17, 15) is 21.6 Å². The van der Waals surface area contributed by atoms with E-state index in [-0.39, 0.29) is 14.9 Å². The number of aliphatic carboxylic acids is 1. The summed E-state index contributed by atoms with van der Waals surface area (Å²) in [7, 11) is -3.97. The summed E-state index contributed by atoms with van der Waals surface area (Å²) >= 11 is 18.8. The average Bonchev–Trinajstić information content (AvgIpc) is 3.18. The van der Waals surface area contributed by atoms with Crippen molar-refractivity contribution < 1.29 is 31.5 Å². The molecule has 0 radical (unpaired) electrons. The van der Waals surface area contributed by atoms with Crippen molar-refractivity contribution in [3.8, 4) is 0 Å². The number of carboxylic acids is 1. The molecule has 14 heteroatoms. The number of nitrogens with one attached hydrogen (secondary N) is 1. The minimum atomic E-state index is -5.08. The molecule has 0 bridgehead atoms. The van der Waals surface area contributed by atoms with Gasteiger partial charge in [0.05, 0.1) is 26.3 Å². The molecule has 0 saturated carbocycles. The van der Waals surface area contributed by atoms with E-state index in [2.05, 4.69) is 10.2 Å². The van der Waals surface area contributed by atoms with Crippen LogP contribution in [0.3, 0.4) is 0 Å². The highest BCUT2D eigenvalue weighted by Crippen LogP contribution is 2.38. The van der Waals surface area contributed by atoms with Crippen molar-refractivity contribution in [2.75, 3.05) is 31.1 Å². The van der Waals surface area contributed by atoms with Gasteiger partial charge in [-0.3, -0.25) is 0 Å². The van der Waals surface area contributed by atoms with Crippen molar-refractivity contribution in [3.05, 3.63) is 57.7 Å². The topological polar surface area (TPSA) is 91.6 Å². The SMILES string of the molecule is O=C(O)C(F)(F)F.O=S(=O)(c1c(Cl)cccc1Cl)n1ccc2c(N3CCNCC3)c(Cl)ccc21. The Bertz CT molecular complexity index is 1300. The molecular weight excluding hydrogens is 542 g/mol. The van der Waals surface area contributed by atoms with Gasteiger partial charge in [0.2, 0.25) is 0 Å². The van der Waals surface area contributed by atoms with E-state index in [1.54, 1.807) is 24.3 Å². The van der Waals surface area contributed by atoms with Crippen molar-refractivity contribution in [1.29, 1.82) is 0 Å². The number of rotatable bonds is 3. The van der Waals surface area contributed by atoms with Gasteiger partial charge < -0.3 is 15.3 Å². The van der Waals surface area contributed by atoms with E-state index in [0.717, 1.165) is 37.3 Å². The Morgan fingerprint density at radius 1 is 0.971 bits per heavy atom. The Balaban J connectivity index is 0.000000406. The first-order chi connectivity index (χ1) is 15.9. The van der Waals surface area contributed by atoms with Crippen LogP contribution in [0.1, 0.15) is 0 Å². The number of alkyl halides is 3. The van der Waals surface area contributed by atoms with Crippen LogP contribution >= 0.6 is 34.8 Å². The number of carbonyl (C=O) groups is 1. The van der Waals surface area contributed by atoms with Gasteiger partial charge in [-0.1, -0.05) is 40.9 Å². The molecule has 184 valence electrons. The third-order valence-corrected chi connectivity index (χ3v) is 7.82. The molecule has 3 aromatic rings. The number of nitrogens with zero attached hydrogens (tertiary/aromatic N) is 2. The molecule has 0 amide bonds. The number of carboxylic acid groups (broad SMARTS) is 1. The normalized spacial score (nSPS) is 14.6. The van der Waals surface area contributed by atoms with Crippen LogP contribution in [-0.2, 0) is 14.8 Å². The first-order valence-electron chi connectivity index (χ1n) is 9.60. The van der Waals surface area contributed by atoms with Crippen molar-refractivity contribution in [2.24, 2.45) is 0 Å². The van der Waals surface area contributed by atoms with Crippen LogP contribution < -0.4 is 10.2 Å². The lowest BCUT2D eigenvalue weighted by Crippen LogP contribution is -2.43. The van der Waals surface area contributed by atoms with Gasteiger partial charge in [-0.2, -0.15) is 13.2 Å². The lowest BCUT2D eigenvalue weighted by atomic mass is 10.2. The molecular formula is C20H17Cl3F3N3O4S. The summed E-state index contributed by atoms with van der Waals surface area (Å²) in [5.74, 6) is -2.76. The van der Waals surface area contributed by atoms with Gasteiger partial charge in [-0.25, -0.2) is 17.2 Å². The van der Waals surface area contributed by atoms with E-state index in [4.69, 9.17) is 44.7 Å². The van der Waals surface area contributed by atoms with Gasteiger partial charge in [0.15, 0.2) is 0 Å². The Kier molecular flexibility index (Phi) is 7.93. The van der Waals surface area contributed by atoms with E-state index < -0.39 is 22.2 Å². The van der Waals surface area contributed by atoms with Crippen LogP contribution in [0.15, 0.2) is 47.5 Å². The zero-order valence-electron chi connectivity index (χ0n) is 17.1. The predicted octanol–water partition coefficient (Wildman–Crippen LogP) is 4.88. The van der Waals surface area contributed by atoms with Gasteiger partial charge in [-0.05, 0) is 30.3 Å². The number of aromatic nitrogens is 1. The molecule has 0 unspecified atom stereocenters. The minimum Gasteiger partial charge on any atom is -0.475 e. The van der Waals surface area contributed by atoms with Crippen LogP contribution in [0.4, 0.5) is 18.9 Å². The summed E-state index contributed by atoms with van der Waals surface area (Å²) in [6.07, 6.45) is -3.57. The molecule has 2 N–H and O–H groups in total. The van der Waals surface area contributed by atoms with Crippen LogP contribution in [0.5, 0.6) is 0 Å². The number of benzene rings is 2. The average molecular weight is 559 g/mol. The van der Waals surface area contributed by atoms with Gasteiger partial charge >= 0.3 is 12.1 Å². The van der Waals surface area contributed by atoms with E-state index >= 15 is 0 Å². The van der Waals surface area contributed by atoms with Gasteiger partial charge in [0.25, 0.3) is 10.0 Å². The van der Waals surface area contributed by atoms with Gasteiger partial charge in [-0.15, -0.1) is 0 Å². The summed E-state index contributed by atoms with van der Waals surface area (Å²) < 4.78 is 59.5. The van der Waals surface area contributed by atoms with Crippen LogP contribution in [0.25, 0.3) is 10.9 Å². The lowest BCUT2D eigenvalue weighted by Gasteiger charge is -2.30. The van der Waals surface area contributed by atoms with Crippen LogP contribution in [0.2, 0.25) is 15.1 Å². The smallest absolute Gasteiger partial charge is 0.475 e. The Morgan fingerprint density at radius 3 is 2.06 bits per heavy atom. The van der Waals surface area contributed by atoms with Crippen molar-refractivity contribution in [1.82, 2.24) is 9.29 Å². The molecule has 34 heavy (non-hydrogen) atoms. The molecule has 7 nitrogen and oxygen atoms in total. The highest BCUT2D eigenvalue weighted by molar-refractivity contribution is 7.90. The molecule has 1 aliphatic heterocycles. The summed E-state index contributed by atoms with van der Waals surface area (Å²) in [5.41, 5.74) is 1.37. The highest BCUT2D eigenvalue weighted by Gasteiger charge is 2.38. The number of hydrogen-bond donors (Lipinski definition) is 2. The monoisotopic (exact) mass is 557 g/mol. The third-order valence-electron chi connectivity index (χ3n) is 4.87. The maximum atomic E-state index is 13.3. The number of piperazine rings is 1. The fraction of sp³-hybridized carbons (Fsp3) is 0.250. The molecule has 2 heterocycles. The summed E-state index contributed by atoms with van der Waals surface area (Å²) in [4.78, 5) is 11.0. The lowest BCUT2D eigenvalue weighted by molar-refractivity contribution is -0.192. The molecule has 2 aromatic carbocycles. The maximum Gasteiger partial charge on any atom is 0.490 e. The molecule has 1 aromatic heterocycles. The Hall–Kier alpha value is -2.18. The Labute approximate surface area is 207 Å². The molecule has 0 atom stereocenters. The van der Waals surface area contributed by atoms with Crippen molar-refractivity contribution >= 4 is 67.4 Å². The molecule has 0 spiro atoms. The zero-order valence-corrected chi connectivity index (χ0v) is 20.2. The van der Waals surface area contributed by atoms with Gasteiger partial charge in [0.1, 0.15) is 4.90 Å². The fourth-order valence-corrected chi connectivity index (χ4v) is 6.13. The molecule has 0 aliphatic carbocycles. The second kappa shape index (κ2) is 10.2. The van der Waals surface area contributed by atoms with Crippen molar-refractivity contribution in [2.45, 2.75) is 11.1 Å². The fourth-order valence-electron chi connectivity index (χ4n) is 3.40. The first-order valence-corrected chi connectivity index (χ1v) is 12.2. The zero-order chi connectivity index (χ0) is 25.3. The second-order valence-electron chi connectivity index (χ2n) is 7.04. The summed E-state index contributed by atoms with van der Waals surface area (Å²) in [6.45, 7) is 3.29. The number of hydrogen-bond acceptors (Lipinski definition) is 5. The van der Waals surface area contributed by atoms with Crippen LogP contribution in [-0.4, -0.2) is 55.8 Å². The van der Waals surface area contributed by atoms with E-state index in [1.807, 2.05) is 0 Å². The predicted molar refractivity (Wildman–Crippen MR) is 125 cm³/mol. The first kappa shape index (κ1) is 26.4. The Morgan fingerprint density at radius 2 is 1.53 bits per heavy atom. The maximum absolute atomic E-state index is 13.3. The number of halogens is 6. The number of fused-ring (bicyclic) bond motifs is 1. The van der Waals surface area contributed by atoms with E-state index in [1.165, 1.54) is 22.3 Å². The highest BCUT2D eigenvalue weighted by atomic mass is 35.5. The second-order valence-corrected chi connectivity index (χ2v) is 10.0. The van der Waals surface area contributed by atoms with Gasteiger partial charge in [0, 0.05) is 37.8 Å². The minimum absolute atomic E-state index is 0.0839. The van der Waals surface area contributed by atoms with Crippen molar-refractivity contribution in [3.63, 3.8) is 0 Å². The molecule has 1 saturated heterocycles. The summed E-state index contributed by atoms with van der Waals surface area (Å²) in [5, 5.41) is 12.0. The van der Waals surface area contributed by atoms with E-state index in [0.29, 0.717) is 10.5 Å². The summed E-state index contributed by atoms with van der Waals surface area (Å²) in [6, 6.07) is 9.82. The van der Waals surface area contributed by atoms with Crippen LogP contribution in [0, 0.1) is 0 Å². The molecule has 4 rings (SSSR count). The third kappa shape index (κ3) is 5.38. The largest absolute Gasteiger partial charge is 0.490 e. The molecule has 1 aliphatic rings. The quantitative estimate of drug-likeness (QED) is 0.476. The number of anilines is 1.